The van der Waals surface area contributed by atoms with Crippen LogP contribution in [0.2, 0.25) is 0 Å². The molecule has 0 unspecified atom stereocenters. The molecule has 1 aromatic heterocycles. The second kappa shape index (κ2) is 8.60. The molecule has 0 saturated heterocycles. The molecule has 0 radical (unpaired) electrons. The van der Waals surface area contributed by atoms with Crippen molar-refractivity contribution >= 4 is 17.5 Å². The Morgan fingerprint density at radius 3 is 2.54 bits per heavy atom. The van der Waals surface area contributed by atoms with Crippen LogP contribution in [0.25, 0.3) is 0 Å². The van der Waals surface area contributed by atoms with E-state index in [0.29, 0.717) is 23.4 Å². The lowest BCUT2D eigenvalue weighted by molar-refractivity contribution is 0.0785. The molecule has 28 heavy (non-hydrogen) atoms. The first kappa shape index (κ1) is 18.8. The molecule has 0 aliphatic rings. The van der Waals surface area contributed by atoms with Crippen molar-refractivity contribution in [3.05, 3.63) is 95.3 Å². The summed E-state index contributed by atoms with van der Waals surface area (Å²) in [7, 11) is 1.71. The van der Waals surface area contributed by atoms with Gasteiger partial charge in [-0.05, 0) is 29.8 Å². The molecule has 2 amide bonds. The third kappa shape index (κ3) is 4.40. The lowest BCUT2D eigenvalue weighted by Gasteiger charge is -2.17. The molecule has 0 aliphatic carbocycles. The first-order valence-corrected chi connectivity index (χ1v) is 8.64. The number of para-hydroxylation sites is 1. The van der Waals surface area contributed by atoms with E-state index >= 15 is 0 Å². The van der Waals surface area contributed by atoms with Crippen LogP contribution in [-0.2, 0) is 6.54 Å². The van der Waals surface area contributed by atoms with E-state index in [9.17, 15) is 9.59 Å². The first-order valence-electron chi connectivity index (χ1n) is 8.64. The third-order valence-corrected chi connectivity index (χ3v) is 4.14. The second-order valence-corrected chi connectivity index (χ2v) is 6.19. The second-order valence-electron chi connectivity index (χ2n) is 6.19. The molecule has 138 valence electrons. The van der Waals surface area contributed by atoms with Gasteiger partial charge in [-0.15, -0.1) is 0 Å². The van der Waals surface area contributed by atoms with E-state index in [1.54, 1.807) is 42.3 Å². The summed E-state index contributed by atoms with van der Waals surface area (Å²) in [5.74, 6) is -0.694. The summed E-state index contributed by atoms with van der Waals surface area (Å²) < 4.78 is 0. The number of carbonyl (C=O) groups is 2. The summed E-state index contributed by atoms with van der Waals surface area (Å²) in [6.07, 6.45) is 1.43. The van der Waals surface area contributed by atoms with Gasteiger partial charge in [0, 0.05) is 25.4 Å². The normalized spacial score (nSPS) is 10.0. The number of hydrogen-bond acceptors (Lipinski definition) is 4. The number of benzene rings is 2. The molecule has 6 nitrogen and oxygen atoms in total. The molecule has 0 bridgehead atoms. The average molecular weight is 370 g/mol. The number of nitrogens with zero attached hydrogens (tertiary/aromatic N) is 3. The lowest BCUT2D eigenvalue weighted by Crippen LogP contribution is -2.26. The first-order chi connectivity index (χ1) is 13.6. The molecule has 0 fully saturated rings. The minimum absolute atomic E-state index is 0.103. The maximum atomic E-state index is 12.7. The van der Waals surface area contributed by atoms with Crippen molar-refractivity contribution in [1.82, 2.24) is 9.88 Å². The minimum atomic E-state index is -0.483. The Labute approximate surface area is 163 Å². The van der Waals surface area contributed by atoms with E-state index in [2.05, 4.69) is 10.3 Å². The van der Waals surface area contributed by atoms with E-state index in [-0.39, 0.29) is 11.6 Å². The van der Waals surface area contributed by atoms with Crippen LogP contribution in [0.3, 0.4) is 0 Å². The molecular weight excluding hydrogens is 352 g/mol. The van der Waals surface area contributed by atoms with Crippen molar-refractivity contribution < 1.29 is 9.59 Å². The molecule has 2 aromatic carbocycles. The van der Waals surface area contributed by atoms with E-state index in [0.717, 1.165) is 5.56 Å². The van der Waals surface area contributed by atoms with Gasteiger partial charge in [-0.2, -0.15) is 5.26 Å². The van der Waals surface area contributed by atoms with Crippen molar-refractivity contribution in [2.24, 2.45) is 0 Å². The summed E-state index contributed by atoms with van der Waals surface area (Å²) in [5, 5.41) is 11.8. The van der Waals surface area contributed by atoms with Gasteiger partial charge in [0.2, 0.25) is 0 Å². The van der Waals surface area contributed by atoms with E-state index < -0.39 is 5.91 Å². The molecule has 6 heteroatoms. The molecule has 1 heterocycles. The number of hydrogen-bond donors (Lipinski definition) is 1. The summed E-state index contributed by atoms with van der Waals surface area (Å²) in [6, 6.07) is 21.4. The van der Waals surface area contributed by atoms with Crippen LogP contribution in [0.4, 0.5) is 5.69 Å². The summed E-state index contributed by atoms with van der Waals surface area (Å²) in [4.78, 5) is 30.8. The van der Waals surface area contributed by atoms with Gasteiger partial charge in [0.25, 0.3) is 11.8 Å². The lowest BCUT2D eigenvalue weighted by atomic mass is 10.1. The number of anilines is 1. The number of carbonyl (C=O) groups excluding carboxylic acids is 2. The minimum Gasteiger partial charge on any atom is -0.337 e. The van der Waals surface area contributed by atoms with Crippen LogP contribution in [0.15, 0.2) is 72.9 Å². The van der Waals surface area contributed by atoms with Gasteiger partial charge in [-0.25, -0.2) is 0 Å². The Balaban J connectivity index is 1.75. The predicted octanol–water partition coefficient (Wildman–Crippen LogP) is 3.48. The Bertz CT molecular complexity index is 1040. The van der Waals surface area contributed by atoms with Crippen molar-refractivity contribution in [1.29, 1.82) is 5.26 Å². The SMILES string of the molecule is CN(Cc1ccccc1)C(=O)c1ccnc(C(=O)Nc2ccccc2C#N)c1. The highest BCUT2D eigenvalue weighted by Gasteiger charge is 2.16. The fraction of sp³-hybridized carbons (Fsp3) is 0.0909. The highest BCUT2D eigenvalue weighted by atomic mass is 16.2. The number of nitrogens with one attached hydrogen (secondary N) is 1. The maximum Gasteiger partial charge on any atom is 0.274 e. The number of aromatic nitrogens is 1. The van der Waals surface area contributed by atoms with Gasteiger partial charge >= 0.3 is 0 Å². The maximum absolute atomic E-state index is 12.7. The molecular formula is C22H18N4O2. The zero-order valence-electron chi connectivity index (χ0n) is 15.3. The molecule has 3 aromatic rings. The van der Waals surface area contributed by atoms with E-state index in [1.165, 1.54) is 12.3 Å². The molecule has 0 atom stereocenters. The number of amides is 2. The average Bonchev–Trinajstić information content (AvgIpc) is 2.74. The smallest absolute Gasteiger partial charge is 0.274 e. The predicted molar refractivity (Wildman–Crippen MR) is 106 cm³/mol. The fourth-order valence-corrected chi connectivity index (χ4v) is 2.71. The van der Waals surface area contributed by atoms with Gasteiger partial charge in [0.1, 0.15) is 11.8 Å². The van der Waals surface area contributed by atoms with Crippen molar-refractivity contribution in [2.75, 3.05) is 12.4 Å². The zero-order valence-corrected chi connectivity index (χ0v) is 15.3. The zero-order chi connectivity index (χ0) is 19.9. The fourth-order valence-electron chi connectivity index (χ4n) is 2.71. The van der Waals surface area contributed by atoms with Gasteiger partial charge < -0.3 is 10.2 Å². The van der Waals surface area contributed by atoms with Crippen LogP contribution in [0.1, 0.15) is 32.0 Å². The summed E-state index contributed by atoms with van der Waals surface area (Å²) in [5.41, 5.74) is 2.23. The molecule has 0 saturated carbocycles. The Kier molecular flexibility index (Phi) is 5.78. The van der Waals surface area contributed by atoms with Crippen LogP contribution in [-0.4, -0.2) is 28.7 Å². The molecule has 0 aliphatic heterocycles. The van der Waals surface area contributed by atoms with Crippen LogP contribution >= 0.6 is 0 Å². The number of pyridine rings is 1. The van der Waals surface area contributed by atoms with E-state index in [1.807, 2.05) is 36.4 Å². The molecule has 3 rings (SSSR count). The third-order valence-electron chi connectivity index (χ3n) is 4.14. The number of nitriles is 1. The molecule has 0 spiro atoms. The van der Waals surface area contributed by atoms with Crippen molar-refractivity contribution in [3.8, 4) is 6.07 Å². The van der Waals surface area contributed by atoms with Crippen LogP contribution in [0, 0.1) is 11.3 Å². The quantitative estimate of drug-likeness (QED) is 0.745. The monoisotopic (exact) mass is 370 g/mol. The molecule has 1 N–H and O–H groups in total. The van der Waals surface area contributed by atoms with Crippen LogP contribution < -0.4 is 5.32 Å². The Morgan fingerprint density at radius 2 is 1.79 bits per heavy atom. The largest absolute Gasteiger partial charge is 0.337 e. The summed E-state index contributed by atoms with van der Waals surface area (Å²) in [6.45, 7) is 0.457. The standard InChI is InChI=1S/C22H18N4O2/c1-26(15-16-7-3-2-4-8-16)22(28)17-11-12-24-20(13-17)21(27)25-19-10-6-5-9-18(19)14-23/h2-13H,15H2,1H3,(H,25,27). The highest BCUT2D eigenvalue weighted by Crippen LogP contribution is 2.15. The Morgan fingerprint density at radius 1 is 1.07 bits per heavy atom. The van der Waals surface area contributed by atoms with Crippen LogP contribution in [0.5, 0.6) is 0 Å². The Hall–Kier alpha value is -3.98. The van der Waals surface area contributed by atoms with Crippen molar-refractivity contribution in [2.45, 2.75) is 6.54 Å². The van der Waals surface area contributed by atoms with Crippen molar-refractivity contribution in [3.63, 3.8) is 0 Å². The highest BCUT2D eigenvalue weighted by molar-refractivity contribution is 6.05. The topological polar surface area (TPSA) is 86.1 Å². The van der Waals surface area contributed by atoms with Gasteiger partial charge in [0.05, 0.1) is 11.3 Å². The van der Waals surface area contributed by atoms with E-state index in [4.69, 9.17) is 5.26 Å². The van der Waals surface area contributed by atoms with Gasteiger partial charge in [-0.1, -0.05) is 42.5 Å². The number of rotatable bonds is 5. The summed E-state index contributed by atoms with van der Waals surface area (Å²) >= 11 is 0. The van der Waals surface area contributed by atoms with Gasteiger partial charge in [0.15, 0.2) is 0 Å². The van der Waals surface area contributed by atoms with Gasteiger partial charge in [-0.3, -0.25) is 14.6 Å².